The Morgan fingerprint density at radius 3 is 2.59 bits per heavy atom. The summed E-state index contributed by atoms with van der Waals surface area (Å²) in [6.07, 6.45) is 1.58. The van der Waals surface area contributed by atoms with E-state index in [-0.39, 0.29) is 17.6 Å². The summed E-state index contributed by atoms with van der Waals surface area (Å²) < 4.78 is 6.86. The van der Waals surface area contributed by atoms with Crippen molar-refractivity contribution in [1.82, 2.24) is 25.1 Å². The number of nitrogens with one attached hydrogen (secondary N) is 1. The Morgan fingerprint density at radius 1 is 1.17 bits per heavy atom. The van der Waals surface area contributed by atoms with Gasteiger partial charge in [-0.2, -0.15) is 0 Å². The molecule has 1 aromatic carbocycles. The molecule has 2 heterocycles. The van der Waals surface area contributed by atoms with Crippen LogP contribution in [0.15, 0.2) is 52.2 Å². The van der Waals surface area contributed by atoms with Gasteiger partial charge in [-0.1, -0.05) is 11.8 Å². The van der Waals surface area contributed by atoms with Gasteiger partial charge in [0.2, 0.25) is 11.1 Å². The third-order valence-corrected chi connectivity index (χ3v) is 5.14. The first-order valence-corrected chi connectivity index (χ1v) is 10.2. The standard InChI is InChI=1S/C19H22N6O3S/c1-3-24(4-2)18(27)14-7-9-15(10-8-14)20-17(26)13-29-19-21-22-23-25(19)12-16-6-5-11-28-16/h5-11H,3-4,12-13H2,1-2H3,(H,20,26). The molecule has 0 aliphatic carbocycles. The molecule has 0 saturated heterocycles. The maximum Gasteiger partial charge on any atom is 0.253 e. The smallest absolute Gasteiger partial charge is 0.253 e. The third kappa shape index (κ3) is 5.44. The number of carbonyl (C=O) groups excluding carboxylic acids is 2. The molecule has 3 rings (SSSR count). The number of rotatable bonds is 9. The largest absolute Gasteiger partial charge is 0.467 e. The molecule has 2 aromatic heterocycles. The van der Waals surface area contributed by atoms with Crippen molar-refractivity contribution in [2.24, 2.45) is 0 Å². The average molecular weight is 414 g/mol. The van der Waals surface area contributed by atoms with Crippen LogP contribution in [0.5, 0.6) is 0 Å². The van der Waals surface area contributed by atoms with Gasteiger partial charge in [0.15, 0.2) is 0 Å². The molecule has 0 atom stereocenters. The number of thioether (sulfide) groups is 1. The van der Waals surface area contributed by atoms with Gasteiger partial charge < -0.3 is 14.6 Å². The molecule has 0 radical (unpaired) electrons. The molecule has 1 N–H and O–H groups in total. The van der Waals surface area contributed by atoms with Gasteiger partial charge in [-0.25, -0.2) is 4.68 Å². The van der Waals surface area contributed by atoms with Gasteiger partial charge in [-0.15, -0.1) is 5.10 Å². The van der Waals surface area contributed by atoms with Crippen molar-refractivity contribution in [2.75, 3.05) is 24.2 Å². The molecular weight excluding hydrogens is 392 g/mol. The molecule has 0 unspecified atom stereocenters. The Bertz CT molecular complexity index is 935. The van der Waals surface area contributed by atoms with Crippen LogP contribution in [0.25, 0.3) is 0 Å². The molecule has 0 aliphatic rings. The molecule has 152 valence electrons. The third-order valence-electron chi connectivity index (χ3n) is 4.18. The van der Waals surface area contributed by atoms with Crippen LogP contribution >= 0.6 is 11.8 Å². The lowest BCUT2D eigenvalue weighted by molar-refractivity contribution is -0.113. The summed E-state index contributed by atoms with van der Waals surface area (Å²) in [7, 11) is 0. The lowest BCUT2D eigenvalue weighted by Gasteiger charge is -2.18. The second-order valence-corrected chi connectivity index (χ2v) is 7.03. The quantitative estimate of drug-likeness (QED) is 0.536. The van der Waals surface area contributed by atoms with Gasteiger partial charge in [0.1, 0.15) is 12.3 Å². The average Bonchev–Trinajstić information content (AvgIpc) is 3.40. The van der Waals surface area contributed by atoms with E-state index >= 15 is 0 Å². The zero-order valence-corrected chi connectivity index (χ0v) is 17.1. The van der Waals surface area contributed by atoms with Crippen LogP contribution in [-0.4, -0.2) is 55.8 Å². The zero-order valence-electron chi connectivity index (χ0n) is 16.2. The van der Waals surface area contributed by atoms with Gasteiger partial charge in [-0.05, 0) is 60.7 Å². The SMILES string of the molecule is CCN(CC)C(=O)c1ccc(NC(=O)CSc2nnnn2Cc2ccco2)cc1. The van der Waals surface area contributed by atoms with Crippen LogP contribution in [0, 0.1) is 0 Å². The lowest BCUT2D eigenvalue weighted by Crippen LogP contribution is -2.30. The van der Waals surface area contributed by atoms with Crippen LogP contribution in [0.4, 0.5) is 5.69 Å². The molecule has 3 aromatic rings. The number of hydrogen-bond donors (Lipinski definition) is 1. The lowest BCUT2D eigenvalue weighted by atomic mass is 10.2. The highest BCUT2D eigenvalue weighted by molar-refractivity contribution is 7.99. The fraction of sp³-hybridized carbons (Fsp3) is 0.316. The minimum Gasteiger partial charge on any atom is -0.467 e. The predicted molar refractivity (Wildman–Crippen MR) is 109 cm³/mol. The van der Waals surface area contributed by atoms with E-state index in [0.717, 1.165) is 5.76 Å². The Morgan fingerprint density at radius 2 is 1.93 bits per heavy atom. The summed E-state index contributed by atoms with van der Waals surface area (Å²) in [5, 5.41) is 14.8. The van der Waals surface area contributed by atoms with Crippen molar-refractivity contribution in [1.29, 1.82) is 0 Å². The first-order chi connectivity index (χ1) is 14.1. The highest BCUT2D eigenvalue weighted by atomic mass is 32.2. The van der Waals surface area contributed by atoms with E-state index in [9.17, 15) is 9.59 Å². The number of furan rings is 1. The first-order valence-electron chi connectivity index (χ1n) is 9.21. The van der Waals surface area contributed by atoms with E-state index in [1.807, 2.05) is 19.9 Å². The van der Waals surface area contributed by atoms with Crippen LogP contribution in [0.1, 0.15) is 30.0 Å². The van der Waals surface area contributed by atoms with Crippen LogP contribution in [-0.2, 0) is 11.3 Å². The molecule has 10 heteroatoms. The van der Waals surface area contributed by atoms with Crippen molar-refractivity contribution >= 4 is 29.3 Å². The Kier molecular flexibility index (Phi) is 7.01. The highest BCUT2D eigenvalue weighted by Crippen LogP contribution is 2.17. The Balaban J connectivity index is 1.52. The van der Waals surface area contributed by atoms with Gasteiger partial charge in [0.05, 0.1) is 12.0 Å². The second kappa shape index (κ2) is 9.87. The van der Waals surface area contributed by atoms with Crippen molar-refractivity contribution in [3.05, 3.63) is 54.0 Å². The molecule has 9 nitrogen and oxygen atoms in total. The number of carbonyl (C=O) groups is 2. The zero-order chi connectivity index (χ0) is 20.6. The summed E-state index contributed by atoms with van der Waals surface area (Å²) in [6, 6.07) is 10.5. The molecule has 29 heavy (non-hydrogen) atoms. The van der Waals surface area contributed by atoms with Crippen molar-refractivity contribution in [3.63, 3.8) is 0 Å². The summed E-state index contributed by atoms with van der Waals surface area (Å²) in [5.41, 5.74) is 1.22. The first kappa shape index (κ1) is 20.6. The number of anilines is 1. The van der Waals surface area contributed by atoms with E-state index in [1.54, 1.807) is 46.2 Å². The number of tetrazole rings is 1. The van der Waals surface area contributed by atoms with E-state index < -0.39 is 0 Å². The summed E-state index contributed by atoms with van der Waals surface area (Å²) in [6.45, 7) is 5.60. The van der Waals surface area contributed by atoms with E-state index in [0.29, 0.717) is 36.0 Å². The van der Waals surface area contributed by atoms with Gasteiger partial charge >= 0.3 is 0 Å². The molecule has 0 saturated carbocycles. The molecule has 0 spiro atoms. The number of aromatic nitrogens is 4. The molecule has 0 aliphatic heterocycles. The summed E-state index contributed by atoms with van der Waals surface area (Å²) in [5.74, 6) is 0.665. The van der Waals surface area contributed by atoms with E-state index in [1.165, 1.54) is 11.8 Å². The topological polar surface area (TPSA) is 106 Å². The monoisotopic (exact) mass is 414 g/mol. The van der Waals surface area contributed by atoms with Crippen LogP contribution in [0.2, 0.25) is 0 Å². The van der Waals surface area contributed by atoms with Gasteiger partial charge in [-0.3, -0.25) is 9.59 Å². The second-order valence-electron chi connectivity index (χ2n) is 6.09. The summed E-state index contributed by atoms with van der Waals surface area (Å²) in [4.78, 5) is 26.3. The summed E-state index contributed by atoms with van der Waals surface area (Å²) >= 11 is 1.23. The number of hydrogen-bond acceptors (Lipinski definition) is 7. The molecule has 0 fully saturated rings. The van der Waals surface area contributed by atoms with Crippen LogP contribution < -0.4 is 5.32 Å². The van der Waals surface area contributed by atoms with Crippen LogP contribution in [0.3, 0.4) is 0 Å². The minimum atomic E-state index is -0.189. The maximum atomic E-state index is 12.3. The Labute approximate surface area is 172 Å². The molecule has 2 amide bonds. The Hall–Kier alpha value is -3.14. The van der Waals surface area contributed by atoms with Crippen molar-refractivity contribution in [2.45, 2.75) is 25.5 Å². The van der Waals surface area contributed by atoms with Gasteiger partial charge in [0, 0.05) is 24.3 Å². The predicted octanol–water partition coefficient (Wildman–Crippen LogP) is 2.53. The van der Waals surface area contributed by atoms with E-state index in [4.69, 9.17) is 4.42 Å². The fourth-order valence-corrected chi connectivity index (χ4v) is 3.34. The van der Waals surface area contributed by atoms with Crippen molar-refractivity contribution in [3.8, 4) is 0 Å². The fourth-order valence-electron chi connectivity index (χ4n) is 2.67. The number of nitrogens with zero attached hydrogens (tertiary/aromatic N) is 5. The normalized spacial score (nSPS) is 10.7. The minimum absolute atomic E-state index is 0.0215. The maximum absolute atomic E-state index is 12.3. The van der Waals surface area contributed by atoms with E-state index in [2.05, 4.69) is 20.8 Å². The number of benzene rings is 1. The van der Waals surface area contributed by atoms with Gasteiger partial charge in [0.25, 0.3) is 5.91 Å². The molecular formula is C19H22N6O3S. The molecule has 0 bridgehead atoms. The number of amides is 2. The highest BCUT2D eigenvalue weighted by Gasteiger charge is 2.14. The van der Waals surface area contributed by atoms with Crippen molar-refractivity contribution < 1.29 is 14.0 Å².